The van der Waals surface area contributed by atoms with Gasteiger partial charge in [0, 0.05) is 19.6 Å². The Bertz CT molecular complexity index is 273. The summed E-state index contributed by atoms with van der Waals surface area (Å²) < 4.78 is 0. The minimum absolute atomic E-state index is 0. The van der Waals surface area contributed by atoms with Gasteiger partial charge < -0.3 is 10.2 Å². The number of carbonyl (C=O) groups is 1. The van der Waals surface area contributed by atoms with Gasteiger partial charge >= 0.3 is 0 Å². The first-order valence-corrected chi connectivity index (χ1v) is 6.52. The van der Waals surface area contributed by atoms with Gasteiger partial charge in [0.05, 0.1) is 5.92 Å². The molecule has 0 aromatic heterocycles. The number of nitrogens with zero attached hydrogens (tertiary/aromatic N) is 1. The van der Waals surface area contributed by atoms with Crippen molar-refractivity contribution in [1.82, 2.24) is 10.2 Å². The number of hydrogen-bond acceptors (Lipinski definition) is 2. The number of nitrogens with one attached hydrogen (secondary N) is 1. The van der Waals surface area contributed by atoms with Crippen molar-refractivity contribution in [2.45, 2.75) is 45.6 Å². The number of piperidine rings is 1. The summed E-state index contributed by atoms with van der Waals surface area (Å²) in [5.74, 6) is 0.552. The van der Waals surface area contributed by atoms with E-state index < -0.39 is 0 Å². The summed E-state index contributed by atoms with van der Waals surface area (Å²) in [6.07, 6.45) is 4.74. The minimum atomic E-state index is 0. The lowest BCUT2D eigenvalue weighted by Gasteiger charge is -2.34. The average molecular weight is 261 g/mol. The molecule has 0 aromatic rings. The van der Waals surface area contributed by atoms with Crippen LogP contribution in [0.3, 0.4) is 0 Å². The normalized spacial score (nSPS) is 27.8. The molecule has 2 unspecified atom stereocenters. The first-order valence-electron chi connectivity index (χ1n) is 6.52. The highest BCUT2D eigenvalue weighted by atomic mass is 35.5. The first kappa shape index (κ1) is 14.8. The maximum absolute atomic E-state index is 12.3. The van der Waals surface area contributed by atoms with Crippen LogP contribution in [0.4, 0.5) is 0 Å². The molecule has 0 bridgehead atoms. The molecule has 1 saturated carbocycles. The highest BCUT2D eigenvalue weighted by Crippen LogP contribution is 2.49. The summed E-state index contributed by atoms with van der Waals surface area (Å²) in [6, 6.07) is 0.391. The molecule has 1 aliphatic heterocycles. The SMILES string of the molecule is CC(N(C)C(=O)C1CCCNC1)C1(C)CC1.Cl. The maximum atomic E-state index is 12.3. The molecule has 1 N–H and O–H groups in total. The highest BCUT2D eigenvalue weighted by Gasteiger charge is 2.45. The monoisotopic (exact) mass is 260 g/mol. The number of halogens is 1. The largest absolute Gasteiger partial charge is 0.342 e. The van der Waals surface area contributed by atoms with Crippen molar-refractivity contribution < 1.29 is 4.79 Å². The van der Waals surface area contributed by atoms with Gasteiger partial charge in [-0.05, 0) is 44.6 Å². The first-order chi connectivity index (χ1) is 7.54. The molecule has 17 heavy (non-hydrogen) atoms. The lowest BCUT2D eigenvalue weighted by atomic mass is 9.94. The van der Waals surface area contributed by atoms with Crippen LogP contribution in [0.25, 0.3) is 0 Å². The molecule has 1 heterocycles. The Kier molecular flexibility index (Phi) is 4.85. The molecule has 0 spiro atoms. The fourth-order valence-corrected chi connectivity index (χ4v) is 2.62. The fourth-order valence-electron chi connectivity index (χ4n) is 2.62. The van der Waals surface area contributed by atoms with Gasteiger partial charge in [0.1, 0.15) is 0 Å². The summed E-state index contributed by atoms with van der Waals surface area (Å²) in [5, 5.41) is 3.32. The molecule has 3 nitrogen and oxygen atoms in total. The van der Waals surface area contributed by atoms with E-state index >= 15 is 0 Å². The molecule has 2 rings (SSSR count). The Morgan fingerprint density at radius 1 is 1.47 bits per heavy atom. The van der Waals surface area contributed by atoms with Gasteiger partial charge in [0.25, 0.3) is 0 Å². The molecule has 2 fully saturated rings. The van der Waals surface area contributed by atoms with E-state index in [1.54, 1.807) is 0 Å². The molecule has 2 atom stereocenters. The zero-order chi connectivity index (χ0) is 11.8. The number of rotatable bonds is 3. The van der Waals surface area contributed by atoms with Gasteiger partial charge in [-0.2, -0.15) is 0 Å². The van der Waals surface area contributed by atoms with Crippen molar-refractivity contribution in [3.63, 3.8) is 0 Å². The van der Waals surface area contributed by atoms with Crippen LogP contribution in [0.2, 0.25) is 0 Å². The van der Waals surface area contributed by atoms with Crippen LogP contribution >= 0.6 is 12.4 Å². The molecule has 100 valence electrons. The maximum Gasteiger partial charge on any atom is 0.226 e. The number of hydrogen-bond donors (Lipinski definition) is 1. The van der Waals surface area contributed by atoms with Gasteiger partial charge in [-0.1, -0.05) is 6.92 Å². The van der Waals surface area contributed by atoms with Gasteiger partial charge in [-0.3, -0.25) is 4.79 Å². The van der Waals surface area contributed by atoms with Gasteiger partial charge in [0.15, 0.2) is 0 Å². The fraction of sp³-hybridized carbons (Fsp3) is 0.923. The Labute approximate surface area is 111 Å². The summed E-state index contributed by atoms with van der Waals surface area (Å²) >= 11 is 0. The third-order valence-corrected chi connectivity index (χ3v) is 4.62. The predicted molar refractivity (Wildman–Crippen MR) is 72.4 cm³/mol. The van der Waals surface area contributed by atoms with Gasteiger partial charge in [0.2, 0.25) is 5.91 Å². The van der Waals surface area contributed by atoms with Crippen molar-refractivity contribution in [3.05, 3.63) is 0 Å². The van der Waals surface area contributed by atoms with Crippen LogP contribution < -0.4 is 5.32 Å². The van der Waals surface area contributed by atoms with Gasteiger partial charge in [-0.15, -0.1) is 12.4 Å². The molecule has 2 aliphatic rings. The summed E-state index contributed by atoms with van der Waals surface area (Å²) in [4.78, 5) is 14.3. The van der Waals surface area contributed by atoms with Crippen LogP contribution in [0.15, 0.2) is 0 Å². The summed E-state index contributed by atoms with van der Waals surface area (Å²) in [5.41, 5.74) is 0.395. The van der Waals surface area contributed by atoms with Crippen LogP contribution in [-0.4, -0.2) is 37.0 Å². The lowest BCUT2D eigenvalue weighted by Crippen LogP contribution is -2.46. The number of carbonyl (C=O) groups excluding carboxylic acids is 1. The smallest absolute Gasteiger partial charge is 0.226 e. The van der Waals surface area contributed by atoms with Crippen LogP contribution in [0, 0.1) is 11.3 Å². The molecule has 0 aromatic carbocycles. The summed E-state index contributed by atoms with van der Waals surface area (Å²) in [6.45, 7) is 6.43. The van der Waals surface area contributed by atoms with Crippen LogP contribution in [0.5, 0.6) is 0 Å². The molecule has 4 heteroatoms. The Hall–Kier alpha value is -0.280. The van der Waals surface area contributed by atoms with E-state index in [4.69, 9.17) is 0 Å². The zero-order valence-electron chi connectivity index (χ0n) is 11.2. The zero-order valence-corrected chi connectivity index (χ0v) is 12.0. The van der Waals surface area contributed by atoms with Crippen LogP contribution in [0.1, 0.15) is 39.5 Å². The highest BCUT2D eigenvalue weighted by molar-refractivity contribution is 5.85. The molecule has 0 radical (unpaired) electrons. The number of amides is 1. The molecule has 1 aliphatic carbocycles. The van der Waals surface area contributed by atoms with E-state index in [1.807, 2.05) is 11.9 Å². The lowest BCUT2D eigenvalue weighted by molar-refractivity contribution is -0.137. The second-order valence-electron chi connectivity index (χ2n) is 5.82. The van der Waals surface area contributed by atoms with E-state index in [0.717, 1.165) is 25.9 Å². The Morgan fingerprint density at radius 3 is 2.59 bits per heavy atom. The van der Waals surface area contributed by atoms with Crippen molar-refractivity contribution in [1.29, 1.82) is 0 Å². The van der Waals surface area contributed by atoms with Crippen molar-refractivity contribution in [2.24, 2.45) is 11.3 Å². The standard InChI is InChI=1S/C13H24N2O.ClH/c1-10(13(2)6-7-13)15(3)12(16)11-5-4-8-14-9-11;/h10-11,14H,4-9H2,1-3H3;1H. The molecular weight excluding hydrogens is 236 g/mol. The van der Waals surface area contributed by atoms with Crippen LogP contribution in [-0.2, 0) is 4.79 Å². The quantitative estimate of drug-likeness (QED) is 0.843. The molecule has 1 amide bonds. The van der Waals surface area contributed by atoms with Crippen molar-refractivity contribution in [2.75, 3.05) is 20.1 Å². The van der Waals surface area contributed by atoms with E-state index in [1.165, 1.54) is 12.8 Å². The Balaban J connectivity index is 0.00000144. The van der Waals surface area contributed by atoms with E-state index in [2.05, 4.69) is 19.2 Å². The molecular formula is C13H25ClN2O. The van der Waals surface area contributed by atoms with E-state index in [-0.39, 0.29) is 18.3 Å². The summed E-state index contributed by atoms with van der Waals surface area (Å²) in [7, 11) is 1.98. The predicted octanol–water partition coefficient (Wildman–Crippen LogP) is 2.05. The second-order valence-corrected chi connectivity index (χ2v) is 5.82. The van der Waals surface area contributed by atoms with Crippen molar-refractivity contribution >= 4 is 18.3 Å². The topological polar surface area (TPSA) is 32.3 Å². The molecule has 1 saturated heterocycles. The van der Waals surface area contributed by atoms with E-state index in [0.29, 0.717) is 17.4 Å². The van der Waals surface area contributed by atoms with E-state index in [9.17, 15) is 4.79 Å². The minimum Gasteiger partial charge on any atom is -0.342 e. The second kappa shape index (κ2) is 5.57. The Morgan fingerprint density at radius 2 is 2.12 bits per heavy atom. The third-order valence-electron chi connectivity index (χ3n) is 4.62. The van der Waals surface area contributed by atoms with Gasteiger partial charge in [-0.25, -0.2) is 0 Å². The average Bonchev–Trinajstić information content (AvgIpc) is 3.07. The van der Waals surface area contributed by atoms with Crippen molar-refractivity contribution in [3.8, 4) is 0 Å². The third kappa shape index (κ3) is 3.14.